The number of hydrogen-bond acceptors (Lipinski definition) is 6. The molecule has 0 N–H and O–H groups in total. The Hall–Kier alpha value is -4.02. The number of carbonyl (C=O) groups is 1. The average Bonchev–Trinajstić information content (AvgIpc) is 3.42. The summed E-state index contributed by atoms with van der Waals surface area (Å²) < 4.78 is 40.6. The van der Waals surface area contributed by atoms with Crippen molar-refractivity contribution in [2.75, 3.05) is 31.1 Å². The number of carbonyl (C=O) groups excluding carboxylic acids is 1. The predicted octanol–water partition coefficient (Wildman–Crippen LogP) is 5.52. The molecule has 6 rings (SSSR count). The van der Waals surface area contributed by atoms with Crippen LogP contribution < -0.4 is 4.90 Å². The number of aromatic nitrogens is 5. The topological polar surface area (TPSA) is 79.5 Å². The van der Waals surface area contributed by atoms with Crippen LogP contribution in [0.15, 0.2) is 48.7 Å². The first-order chi connectivity index (χ1) is 19.3. The smallest absolute Gasteiger partial charge is 0.336 e. The molecule has 0 spiro atoms. The second kappa shape index (κ2) is 10.5. The van der Waals surface area contributed by atoms with Crippen LogP contribution in [0.4, 0.5) is 19.1 Å². The van der Waals surface area contributed by atoms with Crippen molar-refractivity contribution in [3.05, 3.63) is 71.2 Å². The molecular weight excluding hydrogens is 519 g/mol. The molecule has 1 aliphatic heterocycles. The number of nitrogens with zero attached hydrogens (tertiary/aromatic N) is 7. The third-order valence-corrected chi connectivity index (χ3v) is 7.97. The SMILES string of the molecule is Cc1nc(C(F)(F)F)ccc1C(=O)N1CCN(c2nc3nccc(-c4ccc(C5CCCCC5)cc4)n3n2)CC1. The molecule has 1 amide bonds. The maximum absolute atomic E-state index is 13.0. The molecule has 0 atom stereocenters. The van der Waals surface area contributed by atoms with E-state index in [4.69, 9.17) is 5.10 Å². The number of piperazine rings is 1. The summed E-state index contributed by atoms with van der Waals surface area (Å²) in [6, 6.07) is 12.7. The Labute approximate surface area is 229 Å². The van der Waals surface area contributed by atoms with E-state index < -0.39 is 11.9 Å². The number of anilines is 1. The standard InChI is InChI=1S/C29H30F3N7O/c1-19-23(11-12-25(34-19)29(30,31)32)26(40)37-15-17-38(18-16-37)28-35-27-33-14-13-24(39(27)36-28)22-9-7-21(8-10-22)20-5-3-2-4-6-20/h7-14,20H,2-6,15-18H2,1H3. The van der Waals surface area contributed by atoms with Crippen LogP contribution in [-0.4, -0.2) is 61.6 Å². The zero-order valence-corrected chi connectivity index (χ0v) is 22.2. The highest BCUT2D eigenvalue weighted by Crippen LogP contribution is 2.34. The Bertz CT molecular complexity index is 1520. The minimum atomic E-state index is -4.55. The highest BCUT2D eigenvalue weighted by molar-refractivity contribution is 5.95. The third kappa shape index (κ3) is 5.12. The van der Waals surface area contributed by atoms with Gasteiger partial charge < -0.3 is 9.80 Å². The first-order valence-electron chi connectivity index (χ1n) is 13.7. The Morgan fingerprint density at radius 3 is 2.30 bits per heavy atom. The van der Waals surface area contributed by atoms with Crippen molar-refractivity contribution in [2.24, 2.45) is 0 Å². The number of amides is 1. The van der Waals surface area contributed by atoms with Gasteiger partial charge in [-0.05, 0) is 49.4 Å². The molecule has 208 valence electrons. The zero-order chi connectivity index (χ0) is 27.9. The van der Waals surface area contributed by atoms with Crippen molar-refractivity contribution < 1.29 is 18.0 Å². The van der Waals surface area contributed by atoms with Crippen LogP contribution in [0.3, 0.4) is 0 Å². The molecule has 4 heterocycles. The number of aryl methyl sites for hydroxylation is 1. The molecule has 4 aromatic rings. The van der Waals surface area contributed by atoms with Gasteiger partial charge in [0.1, 0.15) is 5.69 Å². The van der Waals surface area contributed by atoms with Gasteiger partial charge in [0.25, 0.3) is 11.7 Å². The minimum absolute atomic E-state index is 0.0645. The molecule has 1 aromatic carbocycles. The van der Waals surface area contributed by atoms with Crippen LogP contribution in [-0.2, 0) is 6.18 Å². The van der Waals surface area contributed by atoms with E-state index in [1.165, 1.54) is 50.7 Å². The molecule has 1 saturated carbocycles. The van der Waals surface area contributed by atoms with Gasteiger partial charge in [-0.3, -0.25) is 4.79 Å². The van der Waals surface area contributed by atoms with Crippen LogP contribution in [0, 0.1) is 6.92 Å². The quantitative estimate of drug-likeness (QED) is 0.333. The van der Waals surface area contributed by atoms with Gasteiger partial charge in [-0.15, -0.1) is 5.10 Å². The average molecular weight is 550 g/mol. The van der Waals surface area contributed by atoms with E-state index in [1.807, 2.05) is 11.0 Å². The molecule has 40 heavy (non-hydrogen) atoms. The molecular formula is C29H30F3N7O. The van der Waals surface area contributed by atoms with E-state index in [1.54, 1.807) is 15.6 Å². The van der Waals surface area contributed by atoms with Crippen molar-refractivity contribution in [3.63, 3.8) is 0 Å². The maximum atomic E-state index is 13.0. The summed E-state index contributed by atoms with van der Waals surface area (Å²) in [6.07, 6.45) is 3.62. The number of alkyl halides is 3. The van der Waals surface area contributed by atoms with Crippen LogP contribution in [0.1, 0.15) is 65.3 Å². The van der Waals surface area contributed by atoms with Crippen molar-refractivity contribution >= 4 is 17.6 Å². The first kappa shape index (κ1) is 26.2. The molecule has 0 bridgehead atoms. The van der Waals surface area contributed by atoms with Gasteiger partial charge in [0, 0.05) is 37.9 Å². The van der Waals surface area contributed by atoms with Crippen LogP contribution in [0.5, 0.6) is 0 Å². The van der Waals surface area contributed by atoms with Crippen LogP contribution in [0.25, 0.3) is 17.0 Å². The molecule has 11 heteroatoms. The van der Waals surface area contributed by atoms with Crippen molar-refractivity contribution in [3.8, 4) is 11.3 Å². The number of halogens is 3. The number of benzene rings is 1. The molecule has 1 saturated heterocycles. The van der Waals surface area contributed by atoms with Gasteiger partial charge in [-0.2, -0.15) is 22.7 Å². The lowest BCUT2D eigenvalue weighted by Gasteiger charge is -2.34. The number of pyridine rings is 1. The number of hydrogen-bond donors (Lipinski definition) is 0. The van der Waals surface area contributed by atoms with E-state index in [2.05, 4.69) is 39.2 Å². The lowest BCUT2D eigenvalue weighted by molar-refractivity contribution is -0.141. The first-order valence-corrected chi connectivity index (χ1v) is 13.7. The second-order valence-corrected chi connectivity index (χ2v) is 10.5. The number of rotatable bonds is 4. The summed E-state index contributed by atoms with van der Waals surface area (Å²) in [7, 11) is 0. The molecule has 1 aliphatic carbocycles. The molecule has 2 fully saturated rings. The summed E-state index contributed by atoms with van der Waals surface area (Å²) in [5.41, 5.74) is 2.57. The van der Waals surface area contributed by atoms with Crippen LogP contribution in [0.2, 0.25) is 0 Å². The van der Waals surface area contributed by atoms with Gasteiger partial charge in [0.2, 0.25) is 5.95 Å². The monoisotopic (exact) mass is 549 g/mol. The summed E-state index contributed by atoms with van der Waals surface area (Å²) in [6.45, 7) is 3.17. The Balaban J connectivity index is 1.16. The molecule has 8 nitrogen and oxygen atoms in total. The van der Waals surface area contributed by atoms with Gasteiger partial charge in [0.05, 0.1) is 17.0 Å². The van der Waals surface area contributed by atoms with Gasteiger partial charge in [-0.1, -0.05) is 43.5 Å². The summed E-state index contributed by atoms with van der Waals surface area (Å²) in [5.74, 6) is 1.33. The lowest BCUT2D eigenvalue weighted by atomic mass is 9.84. The van der Waals surface area contributed by atoms with Crippen molar-refractivity contribution in [2.45, 2.75) is 51.1 Å². The maximum Gasteiger partial charge on any atom is 0.433 e. The minimum Gasteiger partial charge on any atom is -0.336 e. The van der Waals surface area contributed by atoms with Crippen molar-refractivity contribution in [1.82, 2.24) is 29.5 Å². The normalized spacial score (nSPS) is 17.0. The Morgan fingerprint density at radius 1 is 0.900 bits per heavy atom. The van der Waals surface area contributed by atoms with Gasteiger partial charge >= 0.3 is 6.18 Å². The van der Waals surface area contributed by atoms with Gasteiger partial charge in [0.15, 0.2) is 0 Å². The summed E-state index contributed by atoms with van der Waals surface area (Å²) in [4.78, 5) is 29.3. The Kier molecular flexibility index (Phi) is 6.89. The van der Waals surface area contributed by atoms with E-state index in [0.29, 0.717) is 43.8 Å². The number of fused-ring (bicyclic) bond motifs is 1. The zero-order valence-electron chi connectivity index (χ0n) is 22.2. The highest BCUT2D eigenvalue weighted by atomic mass is 19.4. The molecule has 0 radical (unpaired) electrons. The molecule has 2 aliphatic rings. The fourth-order valence-corrected chi connectivity index (χ4v) is 5.72. The van der Waals surface area contributed by atoms with Crippen molar-refractivity contribution in [1.29, 1.82) is 0 Å². The van der Waals surface area contributed by atoms with E-state index in [-0.39, 0.29) is 17.2 Å². The largest absolute Gasteiger partial charge is 0.433 e. The van der Waals surface area contributed by atoms with Gasteiger partial charge in [-0.25, -0.2) is 9.97 Å². The van der Waals surface area contributed by atoms with E-state index in [0.717, 1.165) is 17.3 Å². The van der Waals surface area contributed by atoms with E-state index in [9.17, 15) is 18.0 Å². The fourth-order valence-electron chi connectivity index (χ4n) is 5.72. The fraction of sp³-hybridized carbons (Fsp3) is 0.414. The molecule has 3 aromatic heterocycles. The Morgan fingerprint density at radius 2 is 1.62 bits per heavy atom. The summed E-state index contributed by atoms with van der Waals surface area (Å²) in [5, 5.41) is 4.75. The summed E-state index contributed by atoms with van der Waals surface area (Å²) >= 11 is 0. The lowest BCUT2D eigenvalue weighted by Crippen LogP contribution is -2.49. The third-order valence-electron chi connectivity index (χ3n) is 7.97. The highest BCUT2D eigenvalue weighted by Gasteiger charge is 2.34. The molecule has 0 unspecified atom stereocenters. The second-order valence-electron chi connectivity index (χ2n) is 10.5. The van der Waals surface area contributed by atoms with E-state index >= 15 is 0 Å². The predicted molar refractivity (Wildman–Crippen MR) is 144 cm³/mol. The van der Waals surface area contributed by atoms with Crippen LogP contribution >= 0.6 is 0 Å².